The maximum absolute atomic E-state index is 12.8. The quantitative estimate of drug-likeness (QED) is 0.138. The van der Waals surface area contributed by atoms with Crippen molar-refractivity contribution in [1.82, 2.24) is 4.31 Å². The second kappa shape index (κ2) is 23.1. The molecule has 0 aromatic heterocycles. The number of hydrogen-bond donors (Lipinski definition) is 0. The third-order valence-corrected chi connectivity index (χ3v) is 8.00. The van der Waals surface area contributed by atoms with Gasteiger partial charge in [-0.2, -0.15) is 10.5 Å². The second-order valence-electron chi connectivity index (χ2n) is 9.04. The first-order valence-electron chi connectivity index (χ1n) is 13.3. The summed E-state index contributed by atoms with van der Waals surface area (Å²) in [4.78, 5) is 0. The molecule has 0 aromatic carbocycles. The molecular formula is C26H49N3O2S. The van der Waals surface area contributed by atoms with Gasteiger partial charge >= 0.3 is 0 Å². The average Bonchev–Trinajstić information content (AvgIpc) is 2.78. The minimum Gasteiger partial charge on any atom is -0.212 e. The molecule has 0 saturated heterocycles. The number of unbranched alkanes of at least 4 members (excludes halogenated alkanes) is 17. The highest BCUT2D eigenvalue weighted by atomic mass is 32.2. The Morgan fingerprint density at radius 3 is 1.25 bits per heavy atom. The van der Waals surface area contributed by atoms with Crippen LogP contribution < -0.4 is 0 Å². The first kappa shape index (κ1) is 30.9. The van der Waals surface area contributed by atoms with Crippen molar-refractivity contribution in [2.45, 2.75) is 135 Å². The summed E-state index contributed by atoms with van der Waals surface area (Å²) in [5, 5.41) is 17.1. The third kappa shape index (κ3) is 19.6. The minimum absolute atomic E-state index is 0.287. The van der Waals surface area contributed by atoms with E-state index in [9.17, 15) is 8.42 Å². The number of nitriles is 2. The van der Waals surface area contributed by atoms with E-state index in [1.54, 1.807) is 4.31 Å². The van der Waals surface area contributed by atoms with Crippen LogP contribution in [0.3, 0.4) is 0 Å². The summed E-state index contributed by atoms with van der Waals surface area (Å²) in [6, 6.07) is 4.39. The molecule has 0 fully saturated rings. The van der Waals surface area contributed by atoms with Gasteiger partial charge in [0.15, 0.2) is 0 Å². The van der Waals surface area contributed by atoms with Crippen molar-refractivity contribution in [2.24, 2.45) is 0 Å². The fourth-order valence-corrected chi connectivity index (χ4v) is 5.68. The molecule has 186 valence electrons. The Kier molecular flexibility index (Phi) is 22.3. The molecule has 0 aromatic rings. The summed E-state index contributed by atoms with van der Waals surface area (Å²) < 4.78 is 27.3. The van der Waals surface area contributed by atoms with Gasteiger partial charge in [-0.25, -0.2) is 12.7 Å². The van der Waals surface area contributed by atoms with Crippen LogP contribution in [0.25, 0.3) is 0 Å². The molecule has 0 amide bonds. The van der Waals surface area contributed by atoms with E-state index >= 15 is 0 Å². The molecule has 0 aliphatic carbocycles. The van der Waals surface area contributed by atoms with Crippen molar-refractivity contribution >= 4 is 10.0 Å². The highest BCUT2D eigenvalue weighted by molar-refractivity contribution is 7.89. The standard InChI is InChI=1S/C26H49N3O2S/c1-2-3-26-32(30,31)29(24-20-16-12-8-4-6-10-14-18-22-27)25-21-17-13-9-5-7-11-15-19-23-28/h2-21,24-26H2,1H3. The van der Waals surface area contributed by atoms with Crippen molar-refractivity contribution < 1.29 is 8.42 Å². The van der Waals surface area contributed by atoms with Crippen molar-refractivity contribution in [1.29, 1.82) is 10.5 Å². The van der Waals surface area contributed by atoms with Gasteiger partial charge in [-0.3, -0.25) is 0 Å². The Labute approximate surface area is 199 Å². The van der Waals surface area contributed by atoms with Crippen LogP contribution in [0.1, 0.15) is 135 Å². The lowest BCUT2D eigenvalue weighted by Crippen LogP contribution is -2.34. The van der Waals surface area contributed by atoms with Gasteiger partial charge in [0, 0.05) is 25.9 Å². The molecule has 0 atom stereocenters. The predicted molar refractivity (Wildman–Crippen MR) is 135 cm³/mol. The van der Waals surface area contributed by atoms with E-state index in [0.717, 1.165) is 64.2 Å². The molecule has 0 unspecified atom stereocenters. The van der Waals surface area contributed by atoms with E-state index in [1.165, 1.54) is 51.4 Å². The lowest BCUT2D eigenvalue weighted by atomic mass is 10.1. The zero-order valence-corrected chi connectivity index (χ0v) is 21.6. The van der Waals surface area contributed by atoms with E-state index in [4.69, 9.17) is 10.5 Å². The number of nitrogens with zero attached hydrogens (tertiary/aromatic N) is 3. The van der Waals surface area contributed by atoms with Crippen molar-refractivity contribution in [3.8, 4) is 12.1 Å². The topological polar surface area (TPSA) is 85.0 Å². The first-order valence-corrected chi connectivity index (χ1v) is 14.9. The molecule has 0 radical (unpaired) electrons. The summed E-state index contributed by atoms with van der Waals surface area (Å²) in [5.41, 5.74) is 0. The average molecular weight is 468 g/mol. The van der Waals surface area contributed by atoms with Gasteiger partial charge < -0.3 is 0 Å². The van der Waals surface area contributed by atoms with Crippen LogP contribution in [-0.4, -0.2) is 31.6 Å². The molecule has 0 heterocycles. The van der Waals surface area contributed by atoms with Crippen LogP contribution in [0.15, 0.2) is 0 Å². The number of rotatable bonds is 24. The highest BCUT2D eigenvalue weighted by Crippen LogP contribution is 2.14. The Hall–Kier alpha value is -1.11. The van der Waals surface area contributed by atoms with Crippen LogP contribution in [-0.2, 0) is 10.0 Å². The van der Waals surface area contributed by atoms with Crippen molar-refractivity contribution in [3.05, 3.63) is 0 Å². The van der Waals surface area contributed by atoms with Crippen LogP contribution in [0, 0.1) is 22.7 Å². The van der Waals surface area contributed by atoms with E-state index < -0.39 is 10.0 Å². The Morgan fingerprint density at radius 2 is 0.906 bits per heavy atom. The summed E-state index contributed by atoms with van der Waals surface area (Å²) in [7, 11) is -3.12. The van der Waals surface area contributed by atoms with Gasteiger partial charge in [-0.1, -0.05) is 90.4 Å². The fraction of sp³-hybridized carbons (Fsp3) is 0.923. The zero-order chi connectivity index (χ0) is 23.8. The second-order valence-corrected chi connectivity index (χ2v) is 11.1. The molecule has 0 saturated carbocycles. The summed E-state index contributed by atoms with van der Waals surface area (Å²) in [5.74, 6) is 0.287. The normalized spacial score (nSPS) is 11.5. The first-order chi connectivity index (χ1) is 15.6. The molecule has 0 aliphatic heterocycles. The van der Waals surface area contributed by atoms with Crippen molar-refractivity contribution in [2.75, 3.05) is 18.8 Å². The summed E-state index contributed by atoms with van der Waals surface area (Å²) in [6.07, 6.45) is 21.1. The number of sulfonamides is 1. The van der Waals surface area contributed by atoms with E-state index in [2.05, 4.69) is 12.1 Å². The van der Waals surface area contributed by atoms with Gasteiger partial charge in [0.1, 0.15) is 0 Å². The molecule has 5 nitrogen and oxygen atoms in total. The predicted octanol–water partition coefficient (Wildman–Crippen LogP) is 7.49. The molecule has 0 N–H and O–H groups in total. The van der Waals surface area contributed by atoms with Gasteiger partial charge in [0.05, 0.1) is 17.9 Å². The van der Waals surface area contributed by atoms with Gasteiger partial charge in [-0.05, 0) is 32.1 Å². The molecule has 0 spiro atoms. The lowest BCUT2D eigenvalue weighted by Gasteiger charge is -2.22. The SMILES string of the molecule is CCCCS(=O)(=O)N(CCCCCCCCCCC#N)CCCCCCCCCCC#N. The highest BCUT2D eigenvalue weighted by Gasteiger charge is 2.20. The van der Waals surface area contributed by atoms with E-state index in [1.807, 2.05) is 6.92 Å². The van der Waals surface area contributed by atoms with Crippen LogP contribution >= 0.6 is 0 Å². The Bertz CT molecular complexity index is 559. The molecule has 0 aliphatic rings. The lowest BCUT2D eigenvalue weighted by molar-refractivity contribution is 0.382. The molecule has 0 rings (SSSR count). The van der Waals surface area contributed by atoms with Gasteiger partial charge in [-0.15, -0.1) is 0 Å². The Balaban J connectivity index is 4.02. The van der Waals surface area contributed by atoms with Crippen LogP contribution in [0.5, 0.6) is 0 Å². The van der Waals surface area contributed by atoms with Gasteiger partial charge in [0.2, 0.25) is 10.0 Å². The van der Waals surface area contributed by atoms with E-state index in [-0.39, 0.29) is 5.75 Å². The Morgan fingerprint density at radius 1 is 0.562 bits per heavy atom. The van der Waals surface area contributed by atoms with E-state index in [0.29, 0.717) is 25.9 Å². The van der Waals surface area contributed by atoms with Crippen molar-refractivity contribution in [3.63, 3.8) is 0 Å². The van der Waals surface area contributed by atoms with Crippen LogP contribution in [0.4, 0.5) is 0 Å². The minimum atomic E-state index is -3.12. The molecule has 0 bridgehead atoms. The molecule has 32 heavy (non-hydrogen) atoms. The molecular weight excluding hydrogens is 418 g/mol. The molecule has 6 heteroatoms. The third-order valence-electron chi connectivity index (χ3n) is 6.04. The smallest absolute Gasteiger partial charge is 0.212 e. The summed E-state index contributed by atoms with van der Waals surface area (Å²) >= 11 is 0. The fourth-order valence-electron chi connectivity index (χ4n) is 3.95. The zero-order valence-electron chi connectivity index (χ0n) is 20.8. The maximum atomic E-state index is 12.8. The number of hydrogen-bond acceptors (Lipinski definition) is 4. The monoisotopic (exact) mass is 467 g/mol. The maximum Gasteiger partial charge on any atom is 0.214 e. The van der Waals surface area contributed by atoms with Crippen LogP contribution in [0.2, 0.25) is 0 Å². The van der Waals surface area contributed by atoms with Gasteiger partial charge in [0.25, 0.3) is 0 Å². The largest absolute Gasteiger partial charge is 0.214 e. The summed E-state index contributed by atoms with van der Waals surface area (Å²) in [6.45, 7) is 3.39.